The van der Waals surface area contributed by atoms with Crippen LogP contribution in [0.2, 0.25) is 0 Å². The molecule has 0 N–H and O–H groups in total. The van der Waals surface area contributed by atoms with Crippen LogP contribution >= 0.6 is 11.8 Å². The van der Waals surface area contributed by atoms with Crippen LogP contribution in [-0.2, 0) is 19.1 Å². The van der Waals surface area contributed by atoms with E-state index in [-0.39, 0.29) is 35.5 Å². The van der Waals surface area contributed by atoms with E-state index < -0.39 is 11.0 Å². The Morgan fingerprint density at radius 2 is 1.62 bits per heavy atom. The highest BCUT2D eigenvalue weighted by Crippen LogP contribution is 2.28. The summed E-state index contributed by atoms with van der Waals surface area (Å²) in [6, 6.07) is 0.0980. The molecule has 1 atom stereocenters. The summed E-state index contributed by atoms with van der Waals surface area (Å²) in [5, 5.41) is 0.0803. The quantitative estimate of drug-likeness (QED) is 0.646. The van der Waals surface area contributed by atoms with E-state index in [9.17, 15) is 14.4 Å². The van der Waals surface area contributed by atoms with Gasteiger partial charge in [-0.05, 0) is 33.6 Å². The van der Waals surface area contributed by atoms with Crippen molar-refractivity contribution < 1.29 is 19.1 Å². The van der Waals surface area contributed by atoms with Gasteiger partial charge < -0.3 is 9.64 Å². The van der Waals surface area contributed by atoms with Crippen molar-refractivity contribution in [2.24, 2.45) is 11.3 Å². The first kappa shape index (κ1) is 23.0. The Morgan fingerprint density at radius 1 is 1.08 bits per heavy atom. The lowest BCUT2D eigenvalue weighted by Crippen LogP contribution is -2.46. The van der Waals surface area contributed by atoms with E-state index in [0.717, 1.165) is 25.7 Å². The molecule has 1 rings (SSSR count). The average molecular weight is 386 g/mol. The van der Waals surface area contributed by atoms with Crippen LogP contribution in [0.5, 0.6) is 0 Å². The molecule has 150 valence electrons. The van der Waals surface area contributed by atoms with Gasteiger partial charge in [0, 0.05) is 23.1 Å². The number of hydrogen-bond donors (Lipinski definition) is 0. The number of hydrogen-bond acceptors (Lipinski definition) is 5. The number of ether oxygens (including phenoxy) is 1. The van der Waals surface area contributed by atoms with Gasteiger partial charge >= 0.3 is 5.97 Å². The molecule has 1 fully saturated rings. The number of carbonyl (C=O) groups excluding carboxylic acids is 3. The van der Waals surface area contributed by atoms with E-state index in [2.05, 4.69) is 0 Å². The number of carbonyl (C=O) groups is 3. The van der Waals surface area contributed by atoms with Crippen molar-refractivity contribution >= 4 is 28.8 Å². The Labute approximate surface area is 162 Å². The molecule has 0 aromatic carbocycles. The van der Waals surface area contributed by atoms with Gasteiger partial charge in [0.15, 0.2) is 5.12 Å². The first-order chi connectivity index (χ1) is 11.8. The molecule has 0 aliphatic heterocycles. The minimum Gasteiger partial charge on any atom is -0.459 e. The summed E-state index contributed by atoms with van der Waals surface area (Å²) in [6.07, 6.45) is 4.01. The molecule has 5 nitrogen and oxygen atoms in total. The van der Waals surface area contributed by atoms with Gasteiger partial charge in [-0.25, -0.2) is 0 Å². The van der Waals surface area contributed by atoms with Gasteiger partial charge in [0.1, 0.15) is 12.1 Å². The topological polar surface area (TPSA) is 63.7 Å². The molecule has 0 unspecified atom stereocenters. The minimum atomic E-state index is -0.567. The van der Waals surface area contributed by atoms with Crippen LogP contribution in [0.1, 0.15) is 74.1 Å². The highest BCUT2D eigenvalue weighted by Gasteiger charge is 2.33. The van der Waals surface area contributed by atoms with Crippen LogP contribution in [0.25, 0.3) is 0 Å². The number of thioether (sulfide) groups is 1. The second-order valence-electron chi connectivity index (χ2n) is 9.24. The van der Waals surface area contributed by atoms with Crippen molar-refractivity contribution in [1.82, 2.24) is 4.90 Å². The maximum Gasteiger partial charge on any atom is 0.326 e. The minimum absolute atomic E-state index is 0.0109. The van der Waals surface area contributed by atoms with Crippen LogP contribution < -0.4 is 0 Å². The molecular weight excluding hydrogens is 350 g/mol. The van der Waals surface area contributed by atoms with E-state index >= 15 is 0 Å². The van der Waals surface area contributed by atoms with Crippen LogP contribution in [0.15, 0.2) is 0 Å². The Kier molecular flexibility index (Phi) is 8.18. The number of amides is 1. The fourth-order valence-electron chi connectivity index (χ4n) is 2.89. The first-order valence-corrected chi connectivity index (χ1v) is 10.5. The Balaban J connectivity index is 2.74. The Bertz CT molecular complexity index is 513. The molecule has 26 heavy (non-hydrogen) atoms. The van der Waals surface area contributed by atoms with E-state index in [1.54, 1.807) is 4.90 Å². The van der Waals surface area contributed by atoms with Crippen molar-refractivity contribution in [3.63, 3.8) is 0 Å². The molecule has 0 heterocycles. The maximum atomic E-state index is 13.0. The second kappa shape index (κ2) is 9.25. The third-order valence-corrected chi connectivity index (χ3v) is 5.81. The van der Waals surface area contributed by atoms with Gasteiger partial charge in [0.25, 0.3) is 0 Å². The van der Waals surface area contributed by atoms with Crippen LogP contribution in [0.3, 0.4) is 0 Å². The van der Waals surface area contributed by atoms with Gasteiger partial charge in [-0.15, -0.1) is 0 Å². The van der Waals surface area contributed by atoms with Crippen molar-refractivity contribution in [3.8, 4) is 0 Å². The first-order valence-electron chi connectivity index (χ1n) is 9.51. The van der Waals surface area contributed by atoms with E-state index in [4.69, 9.17) is 4.74 Å². The molecule has 0 aromatic rings. The number of nitrogens with zero attached hydrogens (tertiary/aromatic N) is 1. The maximum absolute atomic E-state index is 13.0. The van der Waals surface area contributed by atoms with E-state index in [1.807, 2.05) is 48.5 Å². The summed E-state index contributed by atoms with van der Waals surface area (Å²) in [5.41, 5.74) is -0.989. The molecule has 1 saturated carbocycles. The monoisotopic (exact) mass is 385 g/mol. The largest absolute Gasteiger partial charge is 0.459 e. The van der Waals surface area contributed by atoms with E-state index in [1.165, 1.54) is 11.8 Å². The second-order valence-corrected chi connectivity index (χ2v) is 10.2. The predicted molar refractivity (Wildman–Crippen MR) is 106 cm³/mol. The third kappa shape index (κ3) is 7.68. The molecule has 0 radical (unpaired) electrons. The summed E-state index contributed by atoms with van der Waals surface area (Å²) >= 11 is 1.21. The van der Waals surface area contributed by atoms with Crippen molar-refractivity contribution in [2.45, 2.75) is 85.8 Å². The Hall–Kier alpha value is -1.04. The Morgan fingerprint density at radius 3 is 2.08 bits per heavy atom. The molecular formula is C20H35NO4S. The highest BCUT2D eigenvalue weighted by atomic mass is 32.2. The molecule has 1 aliphatic rings. The van der Waals surface area contributed by atoms with Gasteiger partial charge in [0.2, 0.25) is 5.91 Å². The SMILES string of the molecule is C[C@H](CSC(=O)C(C)(C)C)C(=O)N(CC(=O)OC(C)(C)C)C1CCCC1. The van der Waals surface area contributed by atoms with Gasteiger partial charge in [-0.3, -0.25) is 14.4 Å². The molecule has 0 spiro atoms. The fraction of sp³-hybridized carbons (Fsp3) is 0.850. The summed E-state index contributed by atoms with van der Waals surface area (Å²) in [6.45, 7) is 12.9. The lowest BCUT2D eigenvalue weighted by Gasteiger charge is -2.32. The van der Waals surface area contributed by atoms with Crippen molar-refractivity contribution in [3.05, 3.63) is 0 Å². The number of rotatable bonds is 6. The van der Waals surface area contributed by atoms with E-state index in [0.29, 0.717) is 5.75 Å². The van der Waals surface area contributed by atoms with Gasteiger partial charge in [-0.1, -0.05) is 52.3 Å². The molecule has 0 aromatic heterocycles. The molecule has 0 saturated heterocycles. The average Bonchev–Trinajstić information content (AvgIpc) is 3.00. The zero-order chi connectivity index (χ0) is 20.1. The van der Waals surface area contributed by atoms with Crippen molar-refractivity contribution in [2.75, 3.05) is 12.3 Å². The summed E-state index contributed by atoms with van der Waals surface area (Å²) in [4.78, 5) is 39.1. The zero-order valence-corrected chi connectivity index (χ0v) is 18.2. The summed E-state index contributed by atoms with van der Waals surface area (Å²) < 4.78 is 5.41. The summed E-state index contributed by atoms with van der Waals surface area (Å²) in [5.74, 6) is -0.304. The molecule has 0 bridgehead atoms. The molecule has 1 amide bonds. The van der Waals surface area contributed by atoms with Crippen LogP contribution in [0, 0.1) is 11.3 Å². The molecule has 6 heteroatoms. The lowest BCUT2D eigenvalue weighted by molar-refractivity contribution is -0.160. The van der Waals surface area contributed by atoms with Crippen molar-refractivity contribution in [1.29, 1.82) is 0 Å². The zero-order valence-electron chi connectivity index (χ0n) is 17.4. The van der Waals surface area contributed by atoms with Gasteiger partial charge in [0.05, 0.1) is 0 Å². The smallest absolute Gasteiger partial charge is 0.326 e. The summed E-state index contributed by atoms with van der Waals surface area (Å²) in [7, 11) is 0. The van der Waals surface area contributed by atoms with Gasteiger partial charge in [-0.2, -0.15) is 0 Å². The van der Waals surface area contributed by atoms with Crippen LogP contribution in [-0.4, -0.2) is 45.8 Å². The normalized spacial score (nSPS) is 17.0. The molecule has 1 aliphatic carbocycles. The standard InChI is InChI=1S/C20H35NO4S/c1-14(13-26-18(24)19(2,3)4)17(23)21(15-10-8-9-11-15)12-16(22)25-20(5,6)7/h14-15H,8-13H2,1-7H3/t14-/m1/s1. The number of esters is 1. The fourth-order valence-corrected chi connectivity index (χ4v) is 3.86. The lowest BCUT2D eigenvalue weighted by atomic mass is 10.00. The van der Waals surface area contributed by atoms with Crippen LogP contribution in [0.4, 0.5) is 0 Å². The third-order valence-electron chi connectivity index (χ3n) is 4.27. The predicted octanol–water partition coefficient (Wildman–Crippen LogP) is 4.04. The highest BCUT2D eigenvalue weighted by molar-refractivity contribution is 8.13.